The van der Waals surface area contributed by atoms with Gasteiger partial charge >= 0.3 is 0 Å². The Morgan fingerprint density at radius 2 is 1.88 bits per heavy atom. The van der Waals surface area contributed by atoms with Crippen molar-refractivity contribution in [2.75, 3.05) is 0 Å². The lowest BCUT2D eigenvalue weighted by atomic mass is 9.72. The van der Waals surface area contributed by atoms with Gasteiger partial charge in [-0.25, -0.2) is 0 Å². The van der Waals surface area contributed by atoms with Crippen LogP contribution in [-0.2, 0) is 0 Å². The van der Waals surface area contributed by atoms with E-state index in [0.717, 1.165) is 29.6 Å². The molecular formula is C16H24. The minimum atomic E-state index is 0.787. The van der Waals surface area contributed by atoms with Gasteiger partial charge in [0.05, 0.1) is 0 Å². The van der Waals surface area contributed by atoms with Crippen LogP contribution in [0.3, 0.4) is 0 Å². The third-order valence-corrected chi connectivity index (χ3v) is 5.73. The molecule has 0 heterocycles. The highest BCUT2D eigenvalue weighted by molar-refractivity contribution is 5.27. The molecule has 3 aliphatic rings. The first kappa shape index (κ1) is 10.7. The molecule has 0 amide bonds. The van der Waals surface area contributed by atoms with Gasteiger partial charge in [0.15, 0.2) is 0 Å². The molecule has 0 heteroatoms. The van der Waals surface area contributed by atoms with Gasteiger partial charge in [-0.3, -0.25) is 0 Å². The van der Waals surface area contributed by atoms with E-state index in [1.165, 1.54) is 32.1 Å². The van der Waals surface area contributed by atoms with Crippen LogP contribution in [0.1, 0.15) is 52.9 Å². The molecule has 0 aromatic rings. The van der Waals surface area contributed by atoms with Crippen LogP contribution in [-0.4, -0.2) is 0 Å². The lowest BCUT2D eigenvalue weighted by molar-refractivity contribution is 0.288. The van der Waals surface area contributed by atoms with E-state index in [9.17, 15) is 0 Å². The van der Waals surface area contributed by atoms with Crippen LogP contribution in [0, 0.1) is 29.6 Å². The second kappa shape index (κ2) is 3.77. The van der Waals surface area contributed by atoms with E-state index >= 15 is 0 Å². The van der Waals surface area contributed by atoms with Gasteiger partial charge in [0.25, 0.3) is 0 Å². The molecule has 0 aromatic carbocycles. The molecule has 5 atom stereocenters. The summed E-state index contributed by atoms with van der Waals surface area (Å²) < 4.78 is 0. The van der Waals surface area contributed by atoms with E-state index in [4.69, 9.17) is 0 Å². The van der Waals surface area contributed by atoms with Gasteiger partial charge in [-0.2, -0.15) is 0 Å². The van der Waals surface area contributed by atoms with Crippen LogP contribution >= 0.6 is 0 Å². The minimum absolute atomic E-state index is 0.787. The summed E-state index contributed by atoms with van der Waals surface area (Å²) in [4.78, 5) is 0. The normalized spacial score (nSPS) is 46.8. The smallest absolute Gasteiger partial charge is 0.00899 e. The molecule has 0 bridgehead atoms. The average molecular weight is 216 g/mol. The first-order valence-corrected chi connectivity index (χ1v) is 7.18. The summed E-state index contributed by atoms with van der Waals surface area (Å²) in [6.07, 6.45) is 7.11. The van der Waals surface area contributed by atoms with E-state index in [2.05, 4.69) is 26.5 Å². The molecule has 2 fully saturated rings. The van der Waals surface area contributed by atoms with E-state index < -0.39 is 0 Å². The van der Waals surface area contributed by atoms with Crippen LogP contribution in [0.15, 0.2) is 16.9 Å². The molecule has 88 valence electrons. The molecule has 0 nitrogen and oxygen atoms in total. The van der Waals surface area contributed by atoms with Crippen LogP contribution in [0.2, 0.25) is 0 Å². The predicted molar refractivity (Wildman–Crippen MR) is 68.1 cm³/mol. The van der Waals surface area contributed by atoms with Crippen molar-refractivity contribution in [2.24, 2.45) is 29.6 Å². The Labute approximate surface area is 99.8 Å². The Bertz CT molecular complexity index is 356. The molecule has 0 saturated heterocycles. The third kappa shape index (κ3) is 1.43. The summed E-state index contributed by atoms with van der Waals surface area (Å²) in [5.74, 6) is 4.32. The molecule has 0 N–H and O–H groups in total. The third-order valence-electron chi connectivity index (χ3n) is 5.73. The minimum Gasteiger partial charge on any atom is -0.122 e. The van der Waals surface area contributed by atoms with Crippen LogP contribution in [0.25, 0.3) is 0 Å². The monoisotopic (exact) mass is 216 g/mol. The number of fused-ring (bicyclic) bond motifs is 2. The largest absolute Gasteiger partial charge is 0.122 e. The highest BCUT2D eigenvalue weighted by atomic mass is 14.5. The van der Waals surface area contributed by atoms with Crippen molar-refractivity contribution in [3.63, 3.8) is 0 Å². The van der Waals surface area contributed by atoms with Gasteiger partial charge in [-0.1, -0.05) is 27.2 Å². The second-order valence-electron chi connectivity index (χ2n) is 6.40. The molecule has 0 aromatic heterocycles. The Balaban J connectivity index is 2.01. The van der Waals surface area contributed by atoms with Crippen LogP contribution in [0.4, 0.5) is 0 Å². The SMILES string of the molecule is CC1C2=C=C3CCCCC3C[C@H]2C(C)C1C. The van der Waals surface area contributed by atoms with Crippen LogP contribution in [0.5, 0.6) is 0 Å². The van der Waals surface area contributed by atoms with Crippen molar-refractivity contribution >= 4 is 0 Å². The first-order chi connectivity index (χ1) is 7.68. The zero-order valence-electron chi connectivity index (χ0n) is 10.9. The lowest BCUT2D eigenvalue weighted by Crippen LogP contribution is -2.21. The summed E-state index contributed by atoms with van der Waals surface area (Å²) in [6.45, 7) is 7.33. The Kier molecular flexibility index (Phi) is 2.51. The molecule has 16 heavy (non-hydrogen) atoms. The van der Waals surface area contributed by atoms with Gasteiger partial charge in [-0.15, -0.1) is 5.73 Å². The van der Waals surface area contributed by atoms with E-state index in [1.807, 2.05) is 0 Å². The maximum absolute atomic E-state index is 3.86. The van der Waals surface area contributed by atoms with Crippen molar-refractivity contribution in [1.82, 2.24) is 0 Å². The fraction of sp³-hybridized carbons (Fsp3) is 0.812. The summed E-state index contributed by atoms with van der Waals surface area (Å²) >= 11 is 0. The average Bonchev–Trinajstić information content (AvgIpc) is 2.52. The molecule has 0 aliphatic heterocycles. The fourth-order valence-electron chi connectivity index (χ4n) is 4.28. The standard InChI is InChI=1S/C16H24/c1-10-11(2)15-8-13-6-4-5-7-14(13)9-16(15)12(10)3/h10-13,15H,4-8H2,1-3H3/t10?,11?,12?,13?,15-/m0/s1. The molecule has 2 saturated carbocycles. The Morgan fingerprint density at radius 1 is 1.06 bits per heavy atom. The highest BCUT2D eigenvalue weighted by Crippen LogP contribution is 2.51. The van der Waals surface area contributed by atoms with Gasteiger partial charge in [-0.05, 0) is 66.4 Å². The summed E-state index contributed by atoms with van der Waals surface area (Å²) in [6, 6.07) is 0. The van der Waals surface area contributed by atoms with Gasteiger partial charge in [0, 0.05) is 0 Å². The van der Waals surface area contributed by atoms with Crippen molar-refractivity contribution < 1.29 is 0 Å². The second-order valence-corrected chi connectivity index (χ2v) is 6.40. The van der Waals surface area contributed by atoms with Crippen molar-refractivity contribution in [3.8, 4) is 0 Å². The summed E-state index contributed by atoms with van der Waals surface area (Å²) in [5, 5.41) is 0. The zero-order valence-corrected chi connectivity index (χ0v) is 10.9. The zero-order chi connectivity index (χ0) is 11.3. The molecule has 0 spiro atoms. The number of hydrogen-bond donors (Lipinski definition) is 0. The van der Waals surface area contributed by atoms with Crippen molar-refractivity contribution in [2.45, 2.75) is 52.9 Å². The van der Waals surface area contributed by atoms with Gasteiger partial charge in [0.2, 0.25) is 0 Å². The maximum atomic E-state index is 3.86. The number of allylic oxidation sites excluding steroid dienone is 1. The van der Waals surface area contributed by atoms with Crippen molar-refractivity contribution in [3.05, 3.63) is 16.9 Å². The topological polar surface area (TPSA) is 0 Å². The summed E-state index contributed by atoms with van der Waals surface area (Å²) in [5.41, 5.74) is 7.24. The number of rotatable bonds is 0. The quantitative estimate of drug-likeness (QED) is 0.520. The maximum Gasteiger partial charge on any atom is -0.00899 e. The van der Waals surface area contributed by atoms with E-state index in [-0.39, 0.29) is 0 Å². The van der Waals surface area contributed by atoms with Crippen molar-refractivity contribution in [1.29, 1.82) is 0 Å². The number of hydrogen-bond acceptors (Lipinski definition) is 0. The molecule has 3 aliphatic carbocycles. The molecule has 0 radical (unpaired) electrons. The molecule has 4 unspecified atom stereocenters. The lowest BCUT2D eigenvalue weighted by Gasteiger charge is -2.32. The molecule has 3 rings (SSSR count). The summed E-state index contributed by atoms with van der Waals surface area (Å²) in [7, 11) is 0. The molecular weight excluding hydrogens is 192 g/mol. The van der Waals surface area contributed by atoms with E-state index in [0.29, 0.717) is 0 Å². The highest BCUT2D eigenvalue weighted by Gasteiger charge is 2.43. The fourth-order valence-corrected chi connectivity index (χ4v) is 4.28. The predicted octanol–water partition coefficient (Wildman–Crippen LogP) is 4.57. The Hall–Kier alpha value is -0.480. The van der Waals surface area contributed by atoms with Crippen LogP contribution < -0.4 is 0 Å². The first-order valence-electron chi connectivity index (χ1n) is 7.18. The Morgan fingerprint density at radius 3 is 2.69 bits per heavy atom. The van der Waals surface area contributed by atoms with Gasteiger partial charge < -0.3 is 0 Å². The van der Waals surface area contributed by atoms with E-state index in [1.54, 1.807) is 11.1 Å². The van der Waals surface area contributed by atoms with Gasteiger partial charge in [0.1, 0.15) is 0 Å².